The minimum atomic E-state index is -5.55. The van der Waals surface area contributed by atoms with Crippen LogP contribution in [-0.2, 0) is 21.2 Å². The van der Waals surface area contributed by atoms with Crippen LogP contribution >= 0.6 is 0 Å². The molecule has 12 heteroatoms. The number of imide groups is 1. The number of hydrogen-bond donors (Lipinski definition) is 1. The third-order valence-electron chi connectivity index (χ3n) is 6.45. The lowest BCUT2D eigenvalue weighted by atomic mass is 10.1. The Balaban J connectivity index is 1.51. The highest BCUT2D eigenvalue weighted by Gasteiger charge is 2.65. The Morgan fingerprint density at radius 3 is 2.31 bits per heavy atom. The summed E-state index contributed by atoms with van der Waals surface area (Å²) in [6.07, 6.45) is 2.55. The molecule has 1 saturated carbocycles. The predicted molar refractivity (Wildman–Crippen MR) is 121 cm³/mol. The largest absolute Gasteiger partial charge is 0.501 e. The number of anilines is 2. The third-order valence-corrected chi connectivity index (χ3v) is 7.95. The molecule has 8 nitrogen and oxygen atoms in total. The van der Waals surface area contributed by atoms with E-state index < -0.39 is 37.7 Å². The van der Waals surface area contributed by atoms with Gasteiger partial charge < -0.3 is 10.2 Å². The second-order valence-electron chi connectivity index (χ2n) is 8.40. The van der Waals surface area contributed by atoms with Crippen LogP contribution in [0.2, 0.25) is 0 Å². The van der Waals surface area contributed by atoms with Gasteiger partial charge in [-0.3, -0.25) is 9.78 Å². The van der Waals surface area contributed by atoms with Crippen molar-refractivity contribution in [2.75, 3.05) is 17.3 Å². The summed E-state index contributed by atoms with van der Waals surface area (Å²) in [7, 11) is -3.82. The highest BCUT2D eigenvalue weighted by molar-refractivity contribution is 7.92. The number of nitrogens with zero attached hydrogens (tertiary/aromatic N) is 3. The molecule has 35 heavy (non-hydrogen) atoms. The molecule has 182 valence electrons. The van der Waals surface area contributed by atoms with Gasteiger partial charge >= 0.3 is 11.5 Å². The monoisotopic (exact) mass is 504 g/mol. The molecule has 3 aromatic rings. The van der Waals surface area contributed by atoms with Gasteiger partial charge in [-0.25, -0.2) is 18.1 Å². The fourth-order valence-corrected chi connectivity index (χ4v) is 5.18. The molecule has 2 heterocycles. The van der Waals surface area contributed by atoms with Gasteiger partial charge in [-0.15, -0.1) is 0 Å². The van der Waals surface area contributed by atoms with Gasteiger partial charge in [0.2, 0.25) is 0 Å². The van der Waals surface area contributed by atoms with Gasteiger partial charge in [0.05, 0.1) is 34.5 Å². The molecular formula is C23H19F3N4O4S. The van der Waals surface area contributed by atoms with Gasteiger partial charge in [0.1, 0.15) is 5.54 Å². The lowest BCUT2D eigenvalue weighted by Crippen LogP contribution is -2.36. The molecule has 2 aromatic carbocycles. The SMILES string of the molecule is CNc1cnc2ccccc2c1CN1C(=O)N(c2ccc(S(=O)(=O)C(F)(F)F)cc2)C(=O)C12CC2. The Labute approximate surface area is 198 Å². The van der Waals surface area contributed by atoms with Gasteiger partial charge in [-0.2, -0.15) is 13.2 Å². The Kier molecular flexibility index (Phi) is 5.06. The summed E-state index contributed by atoms with van der Waals surface area (Å²) in [5, 5.41) is 3.88. The summed E-state index contributed by atoms with van der Waals surface area (Å²) < 4.78 is 61.9. The summed E-state index contributed by atoms with van der Waals surface area (Å²) >= 11 is 0. The molecule has 1 aliphatic heterocycles. The quantitative estimate of drug-likeness (QED) is 0.526. The average molecular weight is 504 g/mol. The molecule has 1 saturated heterocycles. The minimum absolute atomic E-state index is 0.00308. The molecule has 1 N–H and O–H groups in total. The molecule has 0 atom stereocenters. The number of carbonyl (C=O) groups excluding carboxylic acids is 2. The van der Waals surface area contributed by atoms with E-state index in [1.165, 1.54) is 4.90 Å². The van der Waals surface area contributed by atoms with Crippen LogP contribution in [-0.4, -0.2) is 48.3 Å². The number of carbonyl (C=O) groups is 2. The average Bonchev–Trinajstić information content (AvgIpc) is 3.60. The fraction of sp³-hybridized carbons (Fsp3) is 0.261. The molecule has 1 spiro atoms. The highest BCUT2D eigenvalue weighted by atomic mass is 32.2. The maximum Gasteiger partial charge on any atom is 0.501 e. The van der Waals surface area contributed by atoms with Crippen LogP contribution in [0.4, 0.5) is 29.3 Å². The summed E-state index contributed by atoms with van der Waals surface area (Å²) in [6.45, 7) is 0.112. The second-order valence-corrected chi connectivity index (χ2v) is 10.3. The maximum absolute atomic E-state index is 13.4. The molecule has 0 radical (unpaired) electrons. The summed E-state index contributed by atoms with van der Waals surface area (Å²) in [5.41, 5.74) is -4.30. The summed E-state index contributed by atoms with van der Waals surface area (Å²) in [5.74, 6) is -0.488. The van der Waals surface area contributed by atoms with Gasteiger partial charge in [0.25, 0.3) is 15.7 Å². The van der Waals surface area contributed by atoms with Gasteiger partial charge in [-0.1, -0.05) is 18.2 Å². The number of hydrogen-bond acceptors (Lipinski definition) is 6. The van der Waals surface area contributed by atoms with Crippen molar-refractivity contribution < 1.29 is 31.2 Å². The molecule has 0 unspecified atom stereocenters. The van der Waals surface area contributed by atoms with E-state index in [0.29, 0.717) is 18.5 Å². The molecule has 1 aromatic heterocycles. The molecule has 3 amide bonds. The maximum atomic E-state index is 13.4. The molecule has 1 aliphatic carbocycles. The van der Waals surface area contributed by atoms with E-state index in [4.69, 9.17) is 0 Å². The first-order valence-electron chi connectivity index (χ1n) is 10.6. The van der Waals surface area contributed by atoms with Crippen LogP contribution in [0.15, 0.2) is 59.6 Å². The summed E-state index contributed by atoms with van der Waals surface area (Å²) in [4.78, 5) is 32.6. The van der Waals surface area contributed by atoms with Crippen LogP contribution in [0.5, 0.6) is 0 Å². The molecule has 0 bridgehead atoms. The first-order valence-corrected chi connectivity index (χ1v) is 12.1. The van der Waals surface area contributed by atoms with Crippen LogP contribution in [0.25, 0.3) is 10.9 Å². The number of benzene rings is 2. The first kappa shape index (κ1) is 23.1. The van der Waals surface area contributed by atoms with Crippen molar-refractivity contribution in [2.45, 2.75) is 35.3 Å². The zero-order chi connectivity index (χ0) is 25.2. The fourth-order valence-electron chi connectivity index (χ4n) is 4.41. The van der Waals surface area contributed by atoms with Crippen LogP contribution in [0.1, 0.15) is 18.4 Å². The van der Waals surface area contributed by atoms with Crippen LogP contribution < -0.4 is 10.2 Å². The number of halogens is 3. The van der Waals surface area contributed by atoms with Gasteiger partial charge in [0, 0.05) is 18.0 Å². The van der Waals surface area contributed by atoms with Crippen LogP contribution in [0.3, 0.4) is 0 Å². The molecule has 2 fully saturated rings. The van der Waals surface area contributed by atoms with Crippen molar-refractivity contribution in [3.63, 3.8) is 0 Å². The van der Waals surface area contributed by atoms with Crippen LogP contribution in [0, 0.1) is 0 Å². The van der Waals surface area contributed by atoms with Crippen molar-refractivity contribution in [2.24, 2.45) is 0 Å². The Bertz CT molecular complexity index is 1470. The number of para-hydroxylation sites is 1. The Hall–Kier alpha value is -3.67. The van der Waals surface area contributed by atoms with E-state index in [1.807, 2.05) is 24.3 Å². The highest BCUT2D eigenvalue weighted by Crippen LogP contribution is 2.50. The Morgan fingerprint density at radius 1 is 1.06 bits per heavy atom. The van der Waals surface area contributed by atoms with E-state index in [1.54, 1.807) is 13.2 Å². The van der Waals surface area contributed by atoms with Crippen molar-refractivity contribution in [3.8, 4) is 0 Å². The number of pyridine rings is 1. The lowest BCUT2D eigenvalue weighted by molar-refractivity contribution is -0.120. The van der Waals surface area contributed by atoms with E-state index in [2.05, 4.69) is 10.3 Å². The normalized spacial score (nSPS) is 17.5. The van der Waals surface area contributed by atoms with Crippen molar-refractivity contribution in [3.05, 3.63) is 60.3 Å². The number of sulfone groups is 1. The first-order chi connectivity index (χ1) is 16.5. The van der Waals surface area contributed by atoms with E-state index in [9.17, 15) is 31.2 Å². The minimum Gasteiger partial charge on any atom is -0.387 e. The number of aromatic nitrogens is 1. The lowest BCUT2D eigenvalue weighted by Gasteiger charge is -2.23. The molecular weight excluding hydrogens is 485 g/mol. The molecule has 5 rings (SSSR count). The summed E-state index contributed by atoms with van der Waals surface area (Å²) in [6, 6.07) is 10.3. The standard InChI is InChI=1S/C23H19F3N4O4S/c1-27-19-12-28-18-5-3-2-4-16(18)17(19)13-29-21(32)30(20(31)22(29)10-11-22)14-6-8-15(9-7-14)35(33,34)23(24,25)26/h2-9,12,27H,10-11,13H2,1H3. The van der Waals surface area contributed by atoms with E-state index in [-0.39, 0.29) is 12.2 Å². The second kappa shape index (κ2) is 7.67. The number of rotatable bonds is 5. The predicted octanol–water partition coefficient (Wildman–Crippen LogP) is 4.07. The van der Waals surface area contributed by atoms with E-state index in [0.717, 1.165) is 45.6 Å². The van der Waals surface area contributed by atoms with E-state index >= 15 is 0 Å². The third kappa shape index (κ3) is 3.42. The zero-order valence-corrected chi connectivity index (χ0v) is 19.2. The van der Waals surface area contributed by atoms with Crippen molar-refractivity contribution in [1.29, 1.82) is 0 Å². The Morgan fingerprint density at radius 2 is 1.71 bits per heavy atom. The number of fused-ring (bicyclic) bond motifs is 1. The number of urea groups is 1. The molecule has 2 aliphatic rings. The van der Waals surface area contributed by atoms with Crippen molar-refractivity contribution in [1.82, 2.24) is 9.88 Å². The number of alkyl halides is 3. The number of nitrogens with one attached hydrogen (secondary N) is 1. The van der Waals surface area contributed by atoms with Crippen molar-refractivity contribution >= 4 is 44.1 Å². The smallest absolute Gasteiger partial charge is 0.387 e. The number of amides is 3. The van der Waals surface area contributed by atoms with Gasteiger partial charge in [-0.05, 0) is 43.2 Å². The van der Waals surface area contributed by atoms with Gasteiger partial charge in [0.15, 0.2) is 0 Å². The topological polar surface area (TPSA) is 99.7 Å². The zero-order valence-electron chi connectivity index (χ0n) is 18.3.